The van der Waals surface area contributed by atoms with Crippen molar-refractivity contribution in [2.24, 2.45) is 0 Å². The number of halogens is 1. The van der Waals surface area contributed by atoms with Crippen LogP contribution in [0.2, 0.25) is 0 Å². The monoisotopic (exact) mass is 304 g/mol. The quantitative estimate of drug-likeness (QED) is 0.851. The van der Waals surface area contributed by atoms with E-state index >= 15 is 0 Å². The molecule has 18 heavy (non-hydrogen) atoms. The maximum absolute atomic E-state index is 12.3. The molecule has 0 N–H and O–H groups in total. The molecule has 0 aliphatic heterocycles. The molecule has 0 aliphatic rings. The molecule has 0 saturated heterocycles. The van der Waals surface area contributed by atoms with Crippen molar-refractivity contribution in [2.75, 3.05) is 11.9 Å². The first-order valence-electron chi connectivity index (χ1n) is 5.54. The van der Waals surface area contributed by atoms with Crippen molar-refractivity contribution in [3.8, 4) is 0 Å². The van der Waals surface area contributed by atoms with Crippen molar-refractivity contribution in [3.05, 3.63) is 58.3 Å². The minimum Gasteiger partial charge on any atom is -0.310 e. The smallest absolute Gasteiger partial charge is 0.259 e. The second kappa shape index (κ2) is 5.31. The summed E-state index contributed by atoms with van der Waals surface area (Å²) in [6.45, 7) is 1.99. The highest BCUT2D eigenvalue weighted by atomic mass is 79.9. The van der Waals surface area contributed by atoms with Gasteiger partial charge in [-0.1, -0.05) is 6.07 Å². The number of rotatable bonds is 2. The Balaban J connectivity index is 2.32. The Bertz CT molecular complexity index is 569. The molecule has 2 aromatic rings. The molecule has 1 aromatic carbocycles. The number of hydrogen-bond acceptors (Lipinski definition) is 2. The van der Waals surface area contributed by atoms with Crippen molar-refractivity contribution >= 4 is 27.5 Å². The van der Waals surface area contributed by atoms with Gasteiger partial charge >= 0.3 is 0 Å². The maximum atomic E-state index is 12.3. The summed E-state index contributed by atoms with van der Waals surface area (Å²) in [5.41, 5.74) is 2.53. The molecular weight excluding hydrogens is 292 g/mol. The number of carbonyl (C=O) groups is 1. The van der Waals surface area contributed by atoms with E-state index in [4.69, 9.17) is 0 Å². The third-order valence-corrected chi connectivity index (χ3v) is 3.35. The molecule has 0 radical (unpaired) electrons. The summed E-state index contributed by atoms with van der Waals surface area (Å²) >= 11 is 3.43. The van der Waals surface area contributed by atoms with Gasteiger partial charge in [0.1, 0.15) is 0 Å². The van der Waals surface area contributed by atoms with Crippen LogP contribution in [-0.4, -0.2) is 17.9 Å². The molecule has 3 nitrogen and oxygen atoms in total. The lowest BCUT2D eigenvalue weighted by molar-refractivity contribution is 0.0992. The summed E-state index contributed by atoms with van der Waals surface area (Å²) in [5.74, 6) is -0.0603. The largest absolute Gasteiger partial charge is 0.310 e. The SMILES string of the molecule is Cc1ccc(C(=O)N(C)c2cccnc2)c(Br)c1. The van der Waals surface area contributed by atoms with E-state index in [1.807, 2.05) is 37.3 Å². The van der Waals surface area contributed by atoms with Gasteiger partial charge in [-0.25, -0.2) is 0 Å². The van der Waals surface area contributed by atoms with Crippen LogP contribution >= 0.6 is 15.9 Å². The maximum Gasteiger partial charge on any atom is 0.259 e. The van der Waals surface area contributed by atoms with E-state index in [2.05, 4.69) is 20.9 Å². The molecule has 0 bridgehead atoms. The minimum absolute atomic E-state index is 0.0603. The third-order valence-electron chi connectivity index (χ3n) is 2.69. The van der Waals surface area contributed by atoms with Gasteiger partial charge in [-0.15, -0.1) is 0 Å². The average Bonchev–Trinajstić information content (AvgIpc) is 2.38. The first-order valence-corrected chi connectivity index (χ1v) is 6.33. The number of benzene rings is 1. The number of pyridine rings is 1. The number of carbonyl (C=O) groups excluding carboxylic acids is 1. The molecule has 2 rings (SSSR count). The van der Waals surface area contributed by atoms with Gasteiger partial charge in [0.05, 0.1) is 17.4 Å². The molecule has 0 unspecified atom stereocenters. The summed E-state index contributed by atoms with van der Waals surface area (Å²) in [7, 11) is 1.74. The Morgan fingerprint density at radius 2 is 2.11 bits per heavy atom. The highest BCUT2D eigenvalue weighted by Gasteiger charge is 2.16. The molecule has 0 aliphatic carbocycles. The van der Waals surface area contributed by atoms with E-state index in [0.29, 0.717) is 5.56 Å². The van der Waals surface area contributed by atoms with E-state index in [-0.39, 0.29) is 5.91 Å². The van der Waals surface area contributed by atoms with Gasteiger partial charge in [-0.2, -0.15) is 0 Å². The number of hydrogen-bond donors (Lipinski definition) is 0. The Hall–Kier alpha value is -1.68. The summed E-state index contributed by atoms with van der Waals surface area (Å²) < 4.78 is 0.809. The molecule has 1 aromatic heterocycles. The second-order valence-electron chi connectivity index (χ2n) is 4.06. The number of aryl methyl sites for hydroxylation is 1. The third kappa shape index (κ3) is 2.59. The molecule has 0 fully saturated rings. The van der Waals surface area contributed by atoms with E-state index in [9.17, 15) is 4.79 Å². The number of amides is 1. The second-order valence-corrected chi connectivity index (χ2v) is 4.91. The van der Waals surface area contributed by atoms with Gasteiger partial charge < -0.3 is 4.90 Å². The fourth-order valence-electron chi connectivity index (χ4n) is 1.64. The van der Waals surface area contributed by atoms with E-state index in [0.717, 1.165) is 15.7 Å². The predicted molar refractivity (Wildman–Crippen MR) is 75.8 cm³/mol. The van der Waals surface area contributed by atoms with Gasteiger partial charge in [0.15, 0.2) is 0 Å². The van der Waals surface area contributed by atoms with E-state index in [1.54, 1.807) is 24.3 Å². The van der Waals surface area contributed by atoms with Gasteiger partial charge in [-0.3, -0.25) is 9.78 Å². The summed E-state index contributed by atoms with van der Waals surface area (Å²) in [6, 6.07) is 9.35. The van der Waals surface area contributed by atoms with Crippen LogP contribution in [0.4, 0.5) is 5.69 Å². The van der Waals surface area contributed by atoms with Crippen LogP contribution in [0.15, 0.2) is 47.2 Å². The molecule has 0 atom stereocenters. The lowest BCUT2D eigenvalue weighted by Gasteiger charge is -2.17. The van der Waals surface area contributed by atoms with E-state index in [1.165, 1.54) is 0 Å². The highest BCUT2D eigenvalue weighted by Crippen LogP contribution is 2.21. The first-order chi connectivity index (χ1) is 8.59. The summed E-state index contributed by atoms with van der Waals surface area (Å²) in [4.78, 5) is 17.9. The van der Waals surface area contributed by atoms with Crippen LogP contribution in [0.3, 0.4) is 0 Å². The lowest BCUT2D eigenvalue weighted by atomic mass is 10.1. The lowest BCUT2D eigenvalue weighted by Crippen LogP contribution is -2.26. The molecule has 1 heterocycles. The van der Waals surface area contributed by atoms with Gasteiger partial charge in [-0.05, 0) is 52.7 Å². The van der Waals surface area contributed by atoms with Gasteiger partial charge in [0.2, 0.25) is 0 Å². The van der Waals surface area contributed by atoms with Gasteiger partial charge in [0, 0.05) is 17.7 Å². The fourth-order valence-corrected chi connectivity index (χ4v) is 2.31. The topological polar surface area (TPSA) is 33.2 Å². The van der Waals surface area contributed by atoms with Crippen molar-refractivity contribution in [3.63, 3.8) is 0 Å². The zero-order valence-electron chi connectivity index (χ0n) is 10.2. The van der Waals surface area contributed by atoms with Gasteiger partial charge in [0.25, 0.3) is 5.91 Å². The van der Waals surface area contributed by atoms with Crippen LogP contribution < -0.4 is 4.90 Å². The molecule has 0 spiro atoms. The minimum atomic E-state index is -0.0603. The number of nitrogens with zero attached hydrogens (tertiary/aromatic N) is 2. The van der Waals surface area contributed by atoms with Crippen LogP contribution in [0.5, 0.6) is 0 Å². The Morgan fingerprint density at radius 3 is 2.72 bits per heavy atom. The summed E-state index contributed by atoms with van der Waals surface area (Å²) in [6.07, 6.45) is 3.35. The van der Waals surface area contributed by atoms with E-state index < -0.39 is 0 Å². The first kappa shape index (κ1) is 12.8. The van der Waals surface area contributed by atoms with Crippen molar-refractivity contribution in [2.45, 2.75) is 6.92 Å². The van der Waals surface area contributed by atoms with Crippen molar-refractivity contribution < 1.29 is 4.79 Å². The molecular formula is C14H13BrN2O. The molecule has 4 heteroatoms. The Labute approximate surface area is 115 Å². The molecule has 1 amide bonds. The van der Waals surface area contributed by atoms with Crippen LogP contribution in [-0.2, 0) is 0 Å². The summed E-state index contributed by atoms with van der Waals surface area (Å²) in [5, 5.41) is 0. The molecule has 0 saturated carbocycles. The molecule has 92 valence electrons. The fraction of sp³-hybridized carbons (Fsp3) is 0.143. The Morgan fingerprint density at radius 1 is 1.33 bits per heavy atom. The predicted octanol–water partition coefficient (Wildman–Crippen LogP) is 3.43. The van der Waals surface area contributed by atoms with Crippen LogP contribution in [0, 0.1) is 6.92 Å². The Kier molecular flexibility index (Phi) is 3.77. The number of anilines is 1. The van der Waals surface area contributed by atoms with Crippen LogP contribution in [0.1, 0.15) is 15.9 Å². The van der Waals surface area contributed by atoms with Crippen molar-refractivity contribution in [1.29, 1.82) is 0 Å². The zero-order chi connectivity index (χ0) is 13.1. The zero-order valence-corrected chi connectivity index (χ0v) is 11.8. The number of aromatic nitrogens is 1. The standard InChI is InChI=1S/C14H13BrN2O/c1-10-5-6-12(13(15)8-10)14(18)17(2)11-4-3-7-16-9-11/h3-9H,1-2H3. The normalized spacial score (nSPS) is 10.2. The van der Waals surface area contributed by atoms with Crippen LogP contribution in [0.25, 0.3) is 0 Å². The average molecular weight is 305 g/mol. The highest BCUT2D eigenvalue weighted by molar-refractivity contribution is 9.10. The van der Waals surface area contributed by atoms with Crippen molar-refractivity contribution in [1.82, 2.24) is 4.98 Å².